The number of fused-ring (bicyclic) bond motifs is 1. The average molecular weight is 449 g/mol. The molecule has 4 rings (SSSR count). The number of nitrogens with zero attached hydrogens (tertiary/aromatic N) is 2. The van der Waals surface area contributed by atoms with Gasteiger partial charge in [0, 0.05) is 36.7 Å². The topological polar surface area (TPSA) is 87.3 Å². The Labute approximate surface area is 194 Å². The lowest BCUT2D eigenvalue weighted by atomic mass is 10.0. The first-order valence-corrected chi connectivity index (χ1v) is 11.7. The van der Waals surface area contributed by atoms with E-state index < -0.39 is 0 Å². The summed E-state index contributed by atoms with van der Waals surface area (Å²) in [4.78, 5) is 27.1. The zero-order valence-electron chi connectivity index (χ0n) is 19.4. The molecule has 1 aromatic heterocycles. The van der Waals surface area contributed by atoms with E-state index in [-0.39, 0.29) is 11.5 Å². The van der Waals surface area contributed by atoms with Crippen LogP contribution in [0.1, 0.15) is 37.7 Å². The number of anilines is 1. The first-order valence-electron chi connectivity index (χ1n) is 11.7. The Morgan fingerprint density at radius 2 is 2.03 bits per heavy atom. The molecule has 1 atom stereocenters. The summed E-state index contributed by atoms with van der Waals surface area (Å²) < 4.78 is 5.49. The van der Waals surface area contributed by atoms with Gasteiger partial charge in [0.1, 0.15) is 0 Å². The maximum absolute atomic E-state index is 12.6. The number of aromatic amines is 1. The second-order valence-electron chi connectivity index (χ2n) is 8.78. The van der Waals surface area contributed by atoms with Crippen LogP contribution in [-0.2, 0) is 9.53 Å². The normalized spacial score (nSPS) is 16.7. The first-order chi connectivity index (χ1) is 16.0. The molecule has 1 saturated heterocycles. The highest BCUT2D eigenvalue weighted by Crippen LogP contribution is 2.28. The van der Waals surface area contributed by atoms with Crippen LogP contribution in [-0.4, -0.2) is 53.9 Å². The molecule has 1 aliphatic heterocycles. The maximum Gasteiger partial charge on any atom is 0.272 e. The number of H-pyrrole nitrogens is 1. The van der Waals surface area contributed by atoms with Gasteiger partial charge >= 0.3 is 0 Å². The highest BCUT2D eigenvalue weighted by Gasteiger charge is 2.19. The molecule has 7 heteroatoms. The second kappa shape index (κ2) is 10.7. The molecule has 0 radical (unpaired) electrons. The summed E-state index contributed by atoms with van der Waals surface area (Å²) in [6.07, 6.45) is 4.99. The molecule has 1 fully saturated rings. The van der Waals surface area contributed by atoms with Crippen LogP contribution >= 0.6 is 0 Å². The van der Waals surface area contributed by atoms with Gasteiger partial charge in [-0.2, -0.15) is 5.10 Å². The van der Waals surface area contributed by atoms with E-state index in [0.717, 1.165) is 61.1 Å². The molecule has 33 heavy (non-hydrogen) atoms. The van der Waals surface area contributed by atoms with Gasteiger partial charge < -0.3 is 15.0 Å². The number of ether oxygens (including phenoxy) is 1. The van der Waals surface area contributed by atoms with E-state index in [4.69, 9.17) is 4.74 Å². The largest absolute Gasteiger partial charge is 0.380 e. The minimum Gasteiger partial charge on any atom is -0.380 e. The standard InChI is InChI=1S/C26H32N4O3/c1-18-12-13-19(25-21-9-3-4-10-22(21)26(32)29-28-25)16-23(18)27-24(31)11-5-6-14-30-15-7-8-20(17-30)33-2/h3-4,9-10,12-13,16,20H,5-8,11,14-15,17H2,1-2H3,(H,27,31)(H,29,32). The molecule has 3 aromatic rings. The van der Waals surface area contributed by atoms with Crippen LogP contribution in [0.2, 0.25) is 0 Å². The number of piperidine rings is 1. The lowest BCUT2D eigenvalue weighted by Gasteiger charge is -2.31. The summed E-state index contributed by atoms with van der Waals surface area (Å²) in [5.74, 6) is 0.0166. The quantitative estimate of drug-likeness (QED) is 0.506. The molecule has 0 aliphatic carbocycles. The van der Waals surface area contributed by atoms with Gasteiger partial charge in [-0.3, -0.25) is 9.59 Å². The number of nitrogens with one attached hydrogen (secondary N) is 2. The fourth-order valence-corrected chi connectivity index (χ4v) is 4.48. The van der Waals surface area contributed by atoms with Crippen LogP contribution in [0.3, 0.4) is 0 Å². The molecular weight excluding hydrogens is 416 g/mol. The van der Waals surface area contributed by atoms with Gasteiger partial charge in [0.2, 0.25) is 5.91 Å². The number of unbranched alkanes of at least 4 members (excludes halogenated alkanes) is 1. The Morgan fingerprint density at radius 3 is 2.85 bits per heavy atom. The monoisotopic (exact) mass is 448 g/mol. The maximum atomic E-state index is 12.6. The number of likely N-dealkylation sites (tertiary alicyclic amines) is 1. The highest BCUT2D eigenvalue weighted by molar-refractivity contribution is 5.96. The summed E-state index contributed by atoms with van der Waals surface area (Å²) in [5.41, 5.74) is 3.09. The number of hydrogen-bond acceptors (Lipinski definition) is 5. The fraction of sp³-hybridized carbons (Fsp3) is 0.423. The first kappa shape index (κ1) is 23.1. The van der Waals surface area contributed by atoms with Crippen molar-refractivity contribution in [1.82, 2.24) is 15.1 Å². The Kier molecular flexibility index (Phi) is 7.52. The number of amides is 1. The fourth-order valence-electron chi connectivity index (χ4n) is 4.48. The third kappa shape index (κ3) is 5.67. The Hall–Kier alpha value is -3.03. The van der Waals surface area contributed by atoms with Crippen molar-refractivity contribution in [3.8, 4) is 11.3 Å². The van der Waals surface area contributed by atoms with Crippen LogP contribution in [0.5, 0.6) is 0 Å². The van der Waals surface area contributed by atoms with Crippen molar-refractivity contribution < 1.29 is 9.53 Å². The second-order valence-corrected chi connectivity index (χ2v) is 8.78. The van der Waals surface area contributed by atoms with E-state index in [0.29, 0.717) is 23.6 Å². The Balaban J connectivity index is 1.37. The van der Waals surface area contributed by atoms with Gasteiger partial charge in [0.05, 0.1) is 17.2 Å². The Morgan fingerprint density at radius 1 is 1.21 bits per heavy atom. The third-order valence-corrected chi connectivity index (χ3v) is 6.40. The molecular formula is C26H32N4O3. The number of aromatic nitrogens is 2. The van der Waals surface area contributed by atoms with Crippen LogP contribution in [0, 0.1) is 6.92 Å². The van der Waals surface area contributed by atoms with Crippen molar-refractivity contribution >= 4 is 22.4 Å². The molecule has 1 unspecified atom stereocenters. The highest BCUT2D eigenvalue weighted by atomic mass is 16.5. The van der Waals surface area contributed by atoms with E-state index in [1.165, 1.54) is 6.42 Å². The summed E-state index contributed by atoms with van der Waals surface area (Å²) in [6, 6.07) is 13.3. The molecule has 0 bridgehead atoms. The van der Waals surface area contributed by atoms with Gasteiger partial charge in [-0.25, -0.2) is 5.10 Å². The predicted octanol–water partition coefficient (Wildman–Crippen LogP) is 4.12. The smallest absolute Gasteiger partial charge is 0.272 e. The van der Waals surface area contributed by atoms with E-state index >= 15 is 0 Å². The van der Waals surface area contributed by atoms with Gasteiger partial charge in [0.25, 0.3) is 5.56 Å². The van der Waals surface area contributed by atoms with Crippen molar-refractivity contribution in [1.29, 1.82) is 0 Å². The minimum atomic E-state index is -0.211. The molecule has 1 aliphatic rings. The van der Waals surface area contributed by atoms with Crippen LogP contribution in [0.4, 0.5) is 5.69 Å². The van der Waals surface area contributed by atoms with Crippen molar-refractivity contribution in [2.24, 2.45) is 0 Å². The van der Waals surface area contributed by atoms with Gasteiger partial charge in [-0.15, -0.1) is 0 Å². The van der Waals surface area contributed by atoms with Crippen molar-refractivity contribution in [2.45, 2.75) is 45.1 Å². The zero-order chi connectivity index (χ0) is 23.2. The summed E-state index contributed by atoms with van der Waals surface area (Å²) in [6.45, 7) is 5.08. The minimum absolute atomic E-state index is 0.0166. The predicted molar refractivity (Wildman–Crippen MR) is 131 cm³/mol. The van der Waals surface area contributed by atoms with E-state index in [1.807, 2.05) is 43.3 Å². The van der Waals surface area contributed by atoms with E-state index in [1.54, 1.807) is 13.2 Å². The lowest BCUT2D eigenvalue weighted by Crippen LogP contribution is -2.39. The number of carbonyl (C=O) groups is 1. The SMILES string of the molecule is COC1CCCN(CCCCC(=O)Nc2cc(-c3n[nH]c(=O)c4ccccc34)ccc2C)C1. The molecule has 0 saturated carbocycles. The van der Waals surface area contributed by atoms with Crippen LogP contribution in [0.15, 0.2) is 47.3 Å². The lowest BCUT2D eigenvalue weighted by molar-refractivity contribution is -0.116. The molecule has 1 amide bonds. The van der Waals surface area contributed by atoms with Crippen molar-refractivity contribution in [3.63, 3.8) is 0 Å². The van der Waals surface area contributed by atoms with Crippen molar-refractivity contribution in [3.05, 3.63) is 58.4 Å². The number of rotatable bonds is 8. The zero-order valence-corrected chi connectivity index (χ0v) is 19.4. The van der Waals surface area contributed by atoms with Gasteiger partial charge in [-0.05, 0) is 63.4 Å². The van der Waals surface area contributed by atoms with E-state index in [2.05, 4.69) is 20.4 Å². The number of methoxy groups -OCH3 is 1. The Bertz CT molecular complexity index is 1170. The van der Waals surface area contributed by atoms with Crippen LogP contribution < -0.4 is 10.9 Å². The van der Waals surface area contributed by atoms with Crippen LogP contribution in [0.25, 0.3) is 22.0 Å². The molecule has 0 spiro atoms. The van der Waals surface area contributed by atoms with Gasteiger partial charge in [-0.1, -0.05) is 30.3 Å². The average Bonchev–Trinajstić information content (AvgIpc) is 2.84. The summed E-state index contributed by atoms with van der Waals surface area (Å²) >= 11 is 0. The third-order valence-electron chi connectivity index (χ3n) is 6.40. The van der Waals surface area contributed by atoms with Crippen molar-refractivity contribution in [2.75, 3.05) is 32.1 Å². The number of aryl methyl sites for hydroxylation is 1. The number of benzene rings is 2. The summed E-state index contributed by atoms with van der Waals surface area (Å²) in [7, 11) is 1.78. The number of carbonyl (C=O) groups excluding carboxylic acids is 1. The molecule has 2 aromatic carbocycles. The number of hydrogen-bond donors (Lipinski definition) is 2. The van der Waals surface area contributed by atoms with Gasteiger partial charge in [0.15, 0.2) is 0 Å². The van der Waals surface area contributed by atoms with E-state index in [9.17, 15) is 9.59 Å². The molecule has 174 valence electrons. The molecule has 2 N–H and O–H groups in total. The molecule has 7 nitrogen and oxygen atoms in total. The molecule has 2 heterocycles. The summed E-state index contributed by atoms with van der Waals surface area (Å²) in [5, 5.41) is 11.3.